The molecular formula is C12H11N3OS. The van der Waals surface area contributed by atoms with E-state index >= 15 is 0 Å². The maximum Gasteiger partial charge on any atom is 0.225 e. The van der Waals surface area contributed by atoms with Crippen LogP contribution in [0.1, 0.15) is 17.5 Å². The number of aromatic nitrogens is 2. The molecule has 0 spiro atoms. The monoisotopic (exact) mass is 245 g/mol. The van der Waals surface area contributed by atoms with E-state index in [1.54, 1.807) is 24.2 Å². The number of carbonyl (C=O) groups excluding carboxylic acids is 1. The molecule has 0 bridgehead atoms. The molecule has 0 fully saturated rings. The van der Waals surface area contributed by atoms with Gasteiger partial charge in [-0.15, -0.1) is 11.8 Å². The number of aromatic amines is 1. The molecule has 1 aromatic carbocycles. The first-order valence-electron chi connectivity index (χ1n) is 5.38. The van der Waals surface area contributed by atoms with E-state index in [2.05, 4.69) is 15.3 Å². The minimum Gasteiger partial charge on any atom is -0.348 e. The van der Waals surface area contributed by atoms with Crippen molar-refractivity contribution < 1.29 is 4.79 Å². The molecule has 1 atom stereocenters. The number of anilines is 1. The Labute approximate surface area is 103 Å². The van der Waals surface area contributed by atoms with Crippen LogP contribution in [0, 0.1) is 0 Å². The second-order valence-electron chi connectivity index (χ2n) is 3.83. The van der Waals surface area contributed by atoms with Gasteiger partial charge in [0, 0.05) is 23.7 Å². The van der Waals surface area contributed by atoms with Crippen LogP contribution >= 0.6 is 11.8 Å². The highest BCUT2D eigenvalue weighted by molar-refractivity contribution is 7.99. The molecule has 0 aliphatic carbocycles. The van der Waals surface area contributed by atoms with Crippen molar-refractivity contribution in [2.24, 2.45) is 0 Å². The Bertz CT molecular complexity index is 538. The molecule has 5 heteroatoms. The normalized spacial score (nSPS) is 19.3. The topological polar surface area (TPSA) is 57.8 Å². The molecule has 2 heterocycles. The summed E-state index contributed by atoms with van der Waals surface area (Å²) in [6.45, 7) is 0. The summed E-state index contributed by atoms with van der Waals surface area (Å²) < 4.78 is 0. The van der Waals surface area contributed by atoms with Gasteiger partial charge in [-0.05, 0) is 12.1 Å². The molecule has 0 saturated heterocycles. The van der Waals surface area contributed by atoms with Crippen molar-refractivity contribution in [3.8, 4) is 0 Å². The summed E-state index contributed by atoms with van der Waals surface area (Å²) in [7, 11) is 0. The van der Waals surface area contributed by atoms with Gasteiger partial charge in [0.15, 0.2) is 0 Å². The van der Waals surface area contributed by atoms with E-state index in [0.717, 1.165) is 16.4 Å². The molecule has 2 aromatic rings. The summed E-state index contributed by atoms with van der Waals surface area (Å²) in [6, 6.07) is 7.84. The van der Waals surface area contributed by atoms with Crippen molar-refractivity contribution in [1.29, 1.82) is 0 Å². The lowest BCUT2D eigenvalue weighted by Crippen LogP contribution is -2.12. The molecule has 1 amide bonds. The third-order valence-corrected chi connectivity index (χ3v) is 3.91. The van der Waals surface area contributed by atoms with Gasteiger partial charge in [0.2, 0.25) is 5.91 Å². The van der Waals surface area contributed by atoms with Crippen LogP contribution < -0.4 is 5.32 Å². The minimum atomic E-state index is 0.0313. The molecule has 1 aliphatic rings. The zero-order chi connectivity index (χ0) is 11.7. The SMILES string of the molecule is O=C1CC(c2ncc[nH]2)Sc2ccccc2N1. The lowest BCUT2D eigenvalue weighted by molar-refractivity contribution is -0.116. The van der Waals surface area contributed by atoms with Crippen LogP contribution in [0.3, 0.4) is 0 Å². The second kappa shape index (κ2) is 4.25. The summed E-state index contributed by atoms with van der Waals surface area (Å²) in [5.74, 6) is 0.880. The number of carbonyl (C=O) groups is 1. The first-order chi connectivity index (χ1) is 8.33. The molecule has 0 saturated carbocycles. The number of hydrogen-bond donors (Lipinski definition) is 2. The van der Waals surface area contributed by atoms with Crippen molar-refractivity contribution in [2.45, 2.75) is 16.6 Å². The third kappa shape index (κ3) is 2.06. The fourth-order valence-corrected chi connectivity index (χ4v) is 3.03. The zero-order valence-electron chi connectivity index (χ0n) is 9.01. The summed E-state index contributed by atoms with van der Waals surface area (Å²) >= 11 is 1.66. The van der Waals surface area contributed by atoms with Crippen molar-refractivity contribution in [1.82, 2.24) is 9.97 Å². The van der Waals surface area contributed by atoms with E-state index in [1.807, 2.05) is 24.3 Å². The van der Waals surface area contributed by atoms with Gasteiger partial charge in [-0.3, -0.25) is 4.79 Å². The van der Waals surface area contributed by atoms with Crippen LogP contribution in [-0.4, -0.2) is 15.9 Å². The van der Waals surface area contributed by atoms with Crippen LogP contribution in [0.5, 0.6) is 0 Å². The number of nitrogens with zero attached hydrogens (tertiary/aromatic N) is 1. The van der Waals surface area contributed by atoms with Gasteiger partial charge >= 0.3 is 0 Å². The molecule has 1 aromatic heterocycles. The van der Waals surface area contributed by atoms with Crippen LogP contribution in [0.25, 0.3) is 0 Å². The van der Waals surface area contributed by atoms with Gasteiger partial charge < -0.3 is 10.3 Å². The molecule has 2 N–H and O–H groups in total. The first kappa shape index (κ1) is 10.4. The lowest BCUT2D eigenvalue weighted by atomic mass is 10.2. The Kier molecular flexibility index (Phi) is 2.60. The lowest BCUT2D eigenvalue weighted by Gasteiger charge is -2.09. The van der Waals surface area contributed by atoms with E-state index in [9.17, 15) is 4.79 Å². The number of H-pyrrole nitrogens is 1. The highest BCUT2D eigenvalue weighted by atomic mass is 32.2. The number of hydrogen-bond acceptors (Lipinski definition) is 3. The number of amides is 1. The number of nitrogens with one attached hydrogen (secondary N) is 2. The quantitative estimate of drug-likeness (QED) is 0.812. The van der Waals surface area contributed by atoms with Gasteiger partial charge in [0.05, 0.1) is 10.9 Å². The van der Waals surface area contributed by atoms with Crippen molar-refractivity contribution in [3.05, 3.63) is 42.5 Å². The Morgan fingerprint density at radius 3 is 3.06 bits per heavy atom. The largest absolute Gasteiger partial charge is 0.348 e. The minimum absolute atomic E-state index is 0.0313. The van der Waals surface area contributed by atoms with E-state index < -0.39 is 0 Å². The Hall–Kier alpha value is -1.75. The molecule has 0 radical (unpaired) electrons. The van der Waals surface area contributed by atoms with Gasteiger partial charge in [-0.2, -0.15) is 0 Å². The molecular weight excluding hydrogens is 234 g/mol. The van der Waals surface area contributed by atoms with Gasteiger partial charge in [0.1, 0.15) is 5.82 Å². The van der Waals surface area contributed by atoms with Gasteiger partial charge in [-0.25, -0.2) is 4.98 Å². The van der Waals surface area contributed by atoms with E-state index in [1.165, 1.54) is 0 Å². The van der Waals surface area contributed by atoms with E-state index in [4.69, 9.17) is 0 Å². The van der Waals surface area contributed by atoms with Crippen LogP contribution in [0.2, 0.25) is 0 Å². The molecule has 1 unspecified atom stereocenters. The number of imidazole rings is 1. The van der Waals surface area contributed by atoms with Gasteiger partial charge in [-0.1, -0.05) is 12.1 Å². The Balaban J connectivity index is 1.98. The average Bonchev–Trinajstić information content (AvgIpc) is 2.79. The average molecular weight is 245 g/mol. The zero-order valence-corrected chi connectivity index (χ0v) is 9.83. The molecule has 17 heavy (non-hydrogen) atoms. The standard InChI is InChI=1S/C12H11N3OS/c16-11-7-10(12-13-5-6-14-12)17-9-4-2-1-3-8(9)15-11/h1-6,10H,7H2,(H,13,14)(H,15,16). The van der Waals surface area contributed by atoms with Crippen LogP contribution in [0.15, 0.2) is 41.6 Å². The molecule has 1 aliphatic heterocycles. The van der Waals surface area contributed by atoms with Crippen molar-refractivity contribution in [2.75, 3.05) is 5.32 Å². The fourth-order valence-electron chi connectivity index (χ4n) is 1.84. The third-order valence-electron chi connectivity index (χ3n) is 2.63. The predicted octanol–water partition coefficient (Wildman–Crippen LogP) is 2.59. The molecule has 3 rings (SSSR count). The molecule has 86 valence electrons. The second-order valence-corrected chi connectivity index (χ2v) is 5.07. The Morgan fingerprint density at radius 2 is 2.24 bits per heavy atom. The smallest absolute Gasteiger partial charge is 0.225 e. The Morgan fingerprint density at radius 1 is 1.35 bits per heavy atom. The highest BCUT2D eigenvalue weighted by Gasteiger charge is 2.24. The van der Waals surface area contributed by atoms with E-state index in [-0.39, 0.29) is 11.2 Å². The van der Waals surface area contributed by atoms with E-state index in [0.29, 0.717) is 6.42 Å². The number of rotatable bonds is 1. The number of fused-ring (bicyclic) bond motifs is 1. The fraction of sp³-hybridized carbons (Fsp3) is 0.167. The maximum absolute atomic E-state index is 11.8. The predicted molar refractivity (Wildman–Crippen MR) is 66.9 cm³/mol. The van der Waals surface area contributed by atoms with Crippen LogP contribution in [-0.2, 0) is 4.79 Å². The number of para-hydroxylation sites is 1. The van der Waals surface area contributed by atoms with Crippen LogP contribution in [0.4, 0.5) is 5.69 Å². The first-order valence-corrected chi connectivity index (χ1v) is 6.26. The number of thioether (sulfide) groups is 1. The summed E-state index contributed by atoms with van der Waals surface area (Å²) in [4.78, 5) is 20.2. The summed E-state index contributed by atoms with van der Waals surface area (Å²) in [6.07, 6.45) is 3.93. The molecule has 4 nitrogen and oxygen atoms in total. The maximum atomic E-state index is 11.8. The van der Waals surface area contributed by atoms with Gasteiger partial charge in [0.25, 0.3) is 0 Å². The highest BCUT2D eigenvalue weighted by Crippen LogP contribution is 2.42. The van der Waals surface area contributed by atoms with Crippen molar-refractivity contribution in [3.63, 3.8) is 0 Å². The summed E-state index contributed by atoms with van der Waals surface area (Å²) in [5, 5.41) is 2.96. The number of benzene rings is 1. The summed E-state index contributed by atoms with van der Waals surface area (Å²) in [5.41, 5.74) is 0.886. The van der Waals surface area contributed by atoms with Crippen molar-refractivity contribution >= 4 is 23.4 Å².